The van der Waals surface area contributed by atoms with Crippen LogP contribution in [-0.2, 0) is 12.8 Å². The molecule has 2 aromatic heterocycles. The standard InChI is InChI=1S/C15H19FN2/c1-15(2,3)10-4-6-12-13(8-10)18-9-11(16)5-7-14(18)17-12/h5,7,9-10H,4,6,8H2,1-3H3. The molecule has 0 aliphatic heterocycles. The molecule has 96 valence electrons. The minimum atomic E-state index is -0.194. The third-order valence-corrected chi connectivity index (χ3v) is 4.16. The molecular formula is C15H19FN2. The predicted molar refractivity (Wildman–Crippen MR) is 70.1 cm³/mol. The van der Waals surface area contributed by atoms with E-state index in [1.807, 2.05) is 4.40 Å². The Balaban J connectivity index is 2.08. The fourth-order valence-corrected chi connectivity index (χ4v) is 2.92. The van der Waals surface area contributed by atoms with Crippen molar-refractivity contribution in [2.75, 3.05) is 0 Å². The first-order chi connectivity index (χ1) is 8.45. The molecule has 0 amide bonds. The summed E-state index contributed by atoms with van der Waals surface area (Å²) in [4.78, 5) is 4.61. The Morgan fingerprint density at radius 3 is 2.83 bits per heavy atom. The molecule has 2 nitrogen and oxygen atoms in total. The summed E-state index contributed by atoms with van der Waals surface area (Å²) in [5.74, 6) is 0.453. The van der Waals surface area contributed by atoms with E-state index in [-0.39, 0.29) is 5.82 Å². The zero-order valence-corrected chi connectivity index (χ0v) is 11.2. The number of aryl methyl sites for hydroxylation is 1. The number of hydrogen-bond acceptors (Lipinski definition) is 1. The van der Waals surface area contributed by atoms with Crippen LogP contribution in [0, 0.1) is 17.2 Å². The first-order valence-electron chi connectivity index (χ1n) is 6.60. The highest BCUT2D eigenvalue weighted by molar-refractivity contribution is 5.44. The zero-order valence-electron chi connectivity index (χ0n) is 11.2. The summed E-state index contributed by atoms with van der Waals surface area (Å²) in [5.41, 5.74) is 3.53. The molecule has 0 N–H and O–H groups in total. The van der Waals surface area contributed by atoms with Crippen molar-refractivity contribution in [2.24, 2.45) is 11.3 Å². The third-order valence-electron chi connectivity index (χ3n) is 4.16. The number of hydrogen-bond donors (Lipinski definition) is 0. The minimum Gasteiger partial charge on any atom is -0.301 e. The van der Waals surface area contributed by atoms with Gasteiger partial charge in [0.25, 0.3) is 0 Å². The minimum absolute atomic E-state index is 0.194. The van der Waals surface area contributed by atoms with E-state index in [1.165, 1.54) is 18.2 Å². The predicted octanol–water partition coefficient (Wildman–Crippen LogP) is 3.62. The van der Waals surface area contributed by atoms with Crippen molar-refractivity contribution in [3.05, 3.63) is 35.5 Å². The average Bonchev–Trinajstić information content (AvgIpc) is 2.65. The maximum absolute atomic E-state index is 13.4. The Morgan fingerprint density at radius 2 is 2.11 bits per heavy atom. The Labute approximate surface area is 107 Å². The average molecular weight is 246 g/mol. The molecule has 2 aromatic rings. The molecular weight excluding hydrogens is 227 g/mol. The van der Waals surface area contributed by atoms with Crippen LogP contribution in [0.2, 0.25) is 0 Å². The fourth-order valence-electron chi connectivity index (χ4n) is 2.92. The van der Waals surface area contributed by atoms with E-state index in [0.717, 1.165) is 24.2 Å². The van der Waals surface area contributed by atoms with Gasteiger partial charge < -0.3 is 4.40 Å². The van der Waals surface area contributed by atoms with Crippen molar-refractivity contribution in [3.63, 3.8) is 0 Å². The number of aromatic nitrogens is 2. The van der Waals surface area contributed by atoms with Gasteiger partial charge in [-0.05, 0) is 42.7 Å². The molecule has 0 saturated carbocycles. The maximum atomic E-state index is 13.4. The lowest BCUT2D eigenvalue weighted by molar-refractivity contribution is 0.213. The second kappa shape index (κ2) is 3.81. The molecule has 1 unspecified atom stereocenters. The van der Waals surface area contributed by atoms with Crippen molar-refractivity contribution in [1.82, 2.24) is 9.38 Å². The summed E-state index contributed by atoms with van der Waals surface area (Å²) in [7, 11) is 0. The summed E-state index contributed by atoms with van der Waals surface area (Å²) in [5, 5.41) is 0. The van der Waals surface area contributed by atoms with Crippen LogP contribution in [0.4, 0.5) is 4.39 Å². The molecule has 1 aliphatic carbocycles. The molecule has 3 heteroatoms. The van der Waals surface area contributed by atoms with Gasteiger partial charge in [-0.3, -0.25) is 0 Å². The summed E-state index contributed by atoms with van der Waals surface area (Å²) < 4.78 is 15.3. The van der Waals surface area contributed by atoms with Crippen LogP contribution in [-0.4, -0.2) is 9.38 Å². The number of fused-ring (bicyclic) bond motifs is 3. The largest absolute Gasteiger partial charge is 0.301 e. The van der Waals surface area contributed by atoms with Crippen LogP contribution >= 0.6 is 0 Å². The molecule has 0 fully saturated rings. The van der Waals surface area contributed by atoms with Crippen LogP contribution in [0.5, 0.6) is 0 Å². The lowest BCUT2D eigenvalue weighted by Gasteiger charge is -2.33. The highest BCUT2D eigenvalue weighted by Crippen LogP contribution is 2.37. The Kier molecular flexibility index (Phi) is 2.47. The Bertz CT molecular complexity index is 592. The molecule has 0 aromatic carbocycles. The molecule has 0 spiro atoms. The molecule has 0 bridgehead atoms. The highest BCUT2D eigenvalue weighted by Gasteiger charge is 2.31. The summed E-state index contributed by atoms with van der Waals surface area (Å²) in [6.45, 7) is 6.85. The topological polar surface area (TPSA) is 17.3 Å². The van der Waals surface area contributed by atoms with Gasteiger partial charge in [-0.2, -0.15) is 0 Å². The van der Waals surface area contributed by atoms with Gasteiger partial charge in [0.2, 0.25) is 0 Å². The summed E-state index contributed by atoms with van der Waals surface area (Å²) in [6.07, 6.45) is 4.76. The van der Waals surface area contributed by atoms with Crippen molar-refractivity contribution in [1.29, 1.82) is 0 Å². The van der Waals surface area contributed by atoms with Gasteiger partial charge in [0.15, 0.2) is 0 Å². The van der Waals surface area contributed by atoms with Crippen molar-refractivity contribution < 1.29 is 4.39 Å². The fraction of sp³-hybridized carbons (Fsp3) is 0.533. The van der Waals surface area contributed by atoms with Crippen LogP contribution in [0.1, 0.15) is 38.6 Å². The van der Waals surface area contributed by atoms with E-state index in [0.29, 0.717) is 11.3 Å². The van der Waals surface area contributed by atoms with Crippen molar-refractivity contribution >= 4 is 5.65 Å². The van der Waals surface area contributed by atoms with Crippen LogP contribution in [0.3, 0.4) is 0 Å². The first-order valence-corrected chi connectivity index (χ1v) is 6.60. The van der Waals surface area contributed by atoms with E-state index >= 15 is 0 Å². The van der Waals surface area contributed by atoms with E-state index in [9.17, 15) is 4.39 Å². The van der Waals surface area contributed by atoms with E-state index in [2.05, 4.69) is 25.8 Å². The number of imidazole rings is 1. The van der Waals surface area contributed by atoms with E-state index in [4.69, 9.17) is 0 Å². The summed E-state index contributed by atoms with van der Waals surface area (Å²) >= 11 is 0. The van der Waals surface area contributed by atoms with Gasteiger partial charge in [-0.1, -0.05) is 20.8 Å². The Hall–Kier alpha value is -1.38. The second-order valence-corrected chi connectivity index (χ2v) is 6.39. The first kappa shape index (κ1) is 11.7. The maximum Gasteiger partial charge on any atom is 0.139 e. The van der Waals surface area contributed by atoms with Gasteiger partial charge in [0.1, 0.15) is 11.5 Å². The lowest BCUT2D eigenvalue weighted by atomic mass is 9.73. The zero-order chi connectivity index (χ0) is 12.9. The molecule has 0 saturated heterocycles. The normalized spacial score (nSPS) is 20.1. The van der Waals surface area contributed by atoms with Gasteiger partial charge in [-0.25, -0.2) is 9.37 Å². The number of halogens is 1. The summed E-state index contributed by atoms with van der Waals surface area (Å²) in [6, 6.07) is 3.24. The molecule has 1 aliphatic rings. The lowest BCUT2D eigenvalue weighted by Crippen LogP contribution is -2.27. The number of nitrogens with zero attached hydrogens (tertiary/aromatic N) is 2. The second-order valence-electron chi connectivity index (χ2n) is 6.39. The van der Waals surface area contributed by atoms with Crippen LogP contribution in [0.15, 0.2) is 18.3 Å². The number of rotatable bonds is 0. The van der Waals surface area contributed by atoms with Crippen molar-refractivity contribution in [3.8, 4) is 0 Å². The molecule has 2 heterocycles. The van der Waals surface area contributed by atoms with Gasteiger partial charge >= 0.3 is 0 Å². The van der Waals surface area contributed by atoms with Gasteiger partial charge in [0, 0.05) is 11.9 Å². The molecule has 18 heavy (non-hydrogen) atoms. The van der Waals surface area contributed by atoms with E-state index < -0.39 is 0 Å². The molecule has 1 atom stereocenters. The molecule has 3 rings (SSSR count). The quantitative estimate of drug-likeness (QED) is 0.694. The van der Waals surface area contributed by atoms with Crippen LogP contribution < -0.4 is 0 Å². The molecule has 0 radical (unpaired) electrons. The smallest absolute Gasteiger partial charge is 0.139 e. The van der Waals surface area contributed by atoms with Gasteiger partial charge in [-0.15, -0.1) is 0 Å². The van der Waals surface area contributed by atoms with Crippen molar-refractivity contribution in [2.45, 2.75) is 40.0 Å². The third kappa shape index (κ3) is 1.82. The van der Waals surface area contributed by atoms with E-state index in [1.54, 1.807) is 12.3 Å². The van der Waals surface area contributed by atoms with Gasteiger partial charge in [0.05, 0.1) is 5.69 Å². The van der Waals surface area contributed by atoms with Crippen LogP contribution in [0.25, 0.3) is 5.65 Å². The Morgan fingerprint density at radius 1 is 1.33 bits per heavy atom. The highest BCUT2D eigenvalue weighted by atomic mass is 19.1. The number of pyridine rings is 1. The SMILES string of the molecule is CC(C)(C)C1CCc2nc3ccc(F)cn3c2C1. The monoisotopic (exact) mass is 246 g/mol.